The number of nitrogens with one attached hydrogen (secondary N) is 1. The molecule has 2 aromatic rings. The van der Waals surface area contributed by atoms with Crippen molar-refractivity contribution in [1.82, 2.24) is 15.0 Å². The van der Waals surface area contributed by atoms with Gasteiger partial charge in [0.1, 0.15) is 5.82 Å². The van der Waals surface area contributed by atoms with Gasteiger partial charge in [-0.1, -0.05) is 0 Å². The highest BCUT2D eigenvalue weighted by Gasteiger charge is 2.10. The van der Waals surface area contributed by atoms with Gasteiger partial charge in [0.25, 0.3) is 0 Å². The normalized spacial score (nSPS) is 10.5. The van der Waals surface area contributed by atoms with Crippen molar-refractivity contribution in [3.8, 4) is 11.4 Å². The molecule has 2 rings (SSSR count). The molecule has 14 heavy (non-hydrogen) atoms. The van der Waals surface area contributed by atoms with Gasteiger partial charge in [-0.3, -0.25) is 4.98 Å². The fraction of sp³-hybridized carbons (Fsp3) is 0.111. The number of pyridine rings is 1. The number of H-pyrrole nitrogens is 1. The third-order valence-corrected chi connectivity index (χ3v) is 3.00. The predicted octanol–water partition coefficient (Wildman–Crippen LogP) is 3.31. The Morgan fingerprint density at radius 2 is 1.79 bits per heavy atom. The van der Waals surface area contributed by atoms with Gasteiger partial charge < -0.3 is 4.98 Å². The van der Waals surface area contributed by atoms with E-state index in [0.717, 1.165) is 26.0 Å². The molecule has 0 fully saturated rings. The monoisotopic (exact) mass is 315 g/mol. The third-order valence-electron chi connectivity index (χ3n) is 1.79. The van der Waals surface area contributed by atoms with Gasteiger partial charge in [0.15, 0.2) is 0 Å². The molecule has 0 aliphatic rings. The summed E-state index contributed by atoms with van der Waals surface area (Å²) in [5, 5.41) is 0. The van der Waals surface area contributed by atoms with Crippen LogP contribution in [0.1, 0.15) is 5.69 Å². The number of aryl methyl sites for hydroxylation is 1. The first-order valence-corrected chi connectivity index (χ1v) is 5.58. The van der Waals surface area contributed by atoms with Crippen LogP contribution in [0.15, 0.2) is 27.5 Å². The van der Waals surface area contributed by atoms with Gasteiger partial charge in [-0.15, -0.1) is 0 Å². The molecule has 0 atom stereocenters. The molecule has 72 valence electrons. The van der Waals surface area contributed by atoms with Crippen molar-refractivity contribution in [1.29, 1.82) is 0 Å². The fourth-order valence-corrected chi connectivity index (χ4v) is 2.48. The summed E-state index contributed by atoms with van der Waals surface area (Å²) in [5.41, 5.74) is 2.03. The molecule has 0 saturated heterocycles. The van der Waals surface area contributed by atoms with E-state index in [0.29, 0.717) is 0 Å². The Morgan fingerprint density at radius 1 is 1.14 bits per heavy atom. The number of hydrogen-bond acceptors (Lipinski definition) is 2. The van der Waals surface area contributed by atoms with Gasteiger partial charge in [-0.2, -0.15) is 0 Å². The largest absolute Gasteiger partial charge is 0.342 e. The zero-order valence-corrected chi connectivity index (χ0v) is 10.6. The topological polar surface area (TPSA) is 41.6 Å². The summed E-state index contributed by atoms with van der Waals surface area (Å²) in [6, 6.07) is 0. The molecule has 2 heterocycles. The molecule has 1 N–H and O–H groups in total. The molecule has 2 aromatic heterocycles. The van der Waals surface area contributed by atoms with Crippen LogP contribution in [0, 0.1) is 6.92 Å². The minimum Gasteiger partial charge on any atom is -0.342 e. The maximum Gasteiger partial charge on any atom is 0.139 e. The van der Waals surface area contributed by atoms with E-state index >= 15 is 0 Å². The first-order chi connectivity index (χ1) is 6.68. The zero-order valence-electron chi connectivity index (χ0n) is 7.38. The lowest BCUT2D eigenvalue weighted by atomic mass is 10.2. The van der Waals surface area contributed by atoms with Crippen LogP contribution in [-0.2, 0) is 0 Å². The molecule has 0 bridgehead atoms. The Labute approximate surface area is 98.2 Å². The van der Waals surface area contributed by atoms with Crippen molar-refractivity contribution in [2.75, 3.05) is 0 Å². The second kappa shape index (κ2) is 3.82. The molecule has 0 aliphatic carbocycles. The summed E-state index contributed by atoms with van der Waals surface area (Å²) >= 11 is 6.88. The Bertz CT molecular complexity index is 445. The summed E-state index contributed by atoms with van der Waals surface area (Å²) in [6.45, 7) is 1.97. The first-order valence-electron chi connectivity index (χ1n) is 3.99. The van der Waals surface area contributed by atoms with Crippen molar-refractivity contribution in [3.05, 3.63) is 33.2 Å². The van der Waals surface area contributed by atoms with Crippen LogP contribution < -0.4 is 0 Å². The van der Waals surface area contributed by atoms with Crippen molar-refractivity contribution < 1.29 is 0 Å². The molecule has 0 aromatic carbocycles. The lowest BCUT2D eigenvalue weighted by Crippen LogP contribution is -1.86. The quantitative estimate of drug-likeness (QED) is 0.877. The van der Waals surface area contributed by atoms with E-state index in [1.165, 1.54) is 0 Å². The van der Waals surface area contributed by atoms with Gasteiger partial charge in [0.05, 0.1) is 0 Å². The SMILES string of the molecule is Cc1cnc(-c2c(Br)cncc2Br)[nH]1. The third kappa shape index (κ3) is 1.74. The molecule has 0 saturated carbocycles. The minimum atomic E-state index is 0.837. The van der Waals surface area contributed by atoms with Gasteiger partial charge in [-0.05, 0) is 38.8 Å². The van der Waals surface area contributed by atoms with Crippen molar-refractivity contribution in [3.63, 3.8) is 0 Å². The number of halogens is 2. The van der Waals surface area contributed by atoms with E-state index in [1.807, 2.05) is 6.92 Å². The number of rotatable bonds is 1. The zero-order chi connectivity index (χ0) is 10.1. The van der Waals surface area contributed by atoms with E-state index in [4.69, 9.17) is 0 Å². The Hall–Kier alpha value is -0.680. The summed E-state index contributed by atoms with van der Waals surface area (Å²) in [4.78, 5) is 11.5. The molecule has 0 unspecified atom stereocenters. The van der Waals surface area contributed by atoms with Crippen LogP contribution in [0.5, 0.6) is 0 Å². The maximum atomic E-state index is 4.26. The Kier molecular flexibility index (Phi) is 2.69. The second-order valence-electron chi connectivity index (χ2n) is 2.89. The Morgan fingerprint density at radius 3 is 2.29 bits per heavy atom. The van der Waals surface area contributed by atoms with Crippen LogP contribution in [0.2, 0.25) is 0 Å². The number of aromatic nitrogens is 3. The first kappa shape index (κ1) is 9.86. The van der Waals surface area contributed by atoms with E-state index < -0.39 is 0 Å². The van der Waals surface area contributed by atoms with E-state index in [9.17, 15) is 0 Å². The molecular weight excluding hydrogens is 310 g/mol. The molecule has 0 aliphatic heterocycles. The van der Waals surface area contributed by atoms with Gasteiger partial charge in [0, 0.05) is 38.8 Å². The maximum absolute atomic E-state index is 4.26. The number of imidazole rings is 1. The van der Waals surface area contributed by atoms with Crippen LogP contribution >= 0.6 is 31.9 Å². The van der Waals surface area contributed by atoms with Gasteiger partial charge in [-0.25, -0.2) is 4.98 Å². The summed E-state index contributed by atoms with van der Waals surface area (Å²) in [7, 11) is 0. The molecule has 0 amide bonds. The van der Waals surface area contributed by atoms with Crippen LogP contribution in [0.25, 0.3) is 11.4 Å². The highest BCUT2D eigenvalue weighted by atomic mass is 79.9. The number of hydrogen-bond donors (Lipinski definition) is 1. The molecule has 5 heteroatoms. The van der Waals surface area contributed by atoms with E-state index in [1.54, 1.807) is 18.6 Å². The minimum absolute atomic E-state index is 0.837. The van der Waals surface area contributed by atoms with Crippen LogP contribution in [-0.4, -0.2) is 15.0 Å². The average molecular weight is 317 g/mol. The van der Waals surface area contributed by atoms with Gasteiger partial charge >= 0.3 is 0 Å². The van der Waals surface area contributed by atoms with Crippen molar-refractivity contribution >= 4 is 31.9 Å². The molecule has 3 nitrogen and oxygen atoms in total. The van der Waals surface area contributed by atoms with E-state index in [2.05, 4.69) is 46.8 Å². The van der Waals surface area contributed by atoms with Crippen molar-refractivity contribution in [2.24, 2.45) is 0 Å². The summed E-state index contributed by atoms with van der Waals surface area (Å²) in [6.07, 6.45) is 5.30. The lowest BCUT2D eigenvalue weighted by Gasteiger charge is -2.02. The molecule has 0 spiro atoms. The molecular formula is C9H7Br2N3. The average Bonchev–Trinajstić information content (AvgIpc) is 2.51. The highest BCUT2D eigenvalue weighted by molar-refractivity contribution is 9.11. The van der Waals surface area contributed by atoms with Crippen LogP contribution in [0.4, 0.5) is 0 Å². The van der Waals surface area contributed by atoms with Gasteiger partial charge in [0.2, 0.25) is 0 Å². The Balaban J connectivity index is 2.61. The van der Waals surface area contributed by atoms with E-state index in [-0.39, 0.29) is 0 Å². The highest BCUT2D eigenvalue weighted by Crippen LogP contribution is 2.31. The number of aromatic amines is 1. The summed E-state index contributed by atoms with van der Waals surface area (Å²) < 4.78 is 1.84. The molecule has 0 radical (unpaired) electrons. The smallest absolute Gasteiger partial charge is 0.139 e. The standard InChI is InChI=1S/C9H7Br2N3/c1-5-2-13-9(14-5)8-6(10)3-12-4-7(8)11/h2-4H,1H3,(H,13,14). The lowest BCUT2D eigenvalue weighted by molar-refractivity contribution is 1.22. The second-order valence-corrected chi connectivity index (χ2v) is 4.60. The number of nitrogens with zero attached hydrogens (tertiary/aromatic N) is 2. The fourth-order valence-electron chi connectivity index (χ4n) is 1.18. The van der Waals surface area contributed by atoms with Crippen LogP contribution in [0.3, 0.4) is 0 Å². The predicted molar refractivity (Wildman–Crippen MR) is 62.0 cm³/mol. The van der Waals surface area contributed by atoms with Crippen molar-refractivity contribution in [2.45, 2.75) is 6.92 Å². The summed E-state index contributed by atoms with van der Waals surface area (Å²) in [5.74, 6) is 0.837.